The predicted octanol–water partition coefficient (Wildman–Crippen LogP) is 18.3. The van der Waals surface area contributed by atoms with Gasteiger partial charge in [0.2, 0.25) is 0 Å². The average Bonchev–Trinajstić information content (AvgIpc) is 3.82. The number of benzene rings is 5. The number of fused-ring (bicyclic) bond motifs is 2. The Morgan fingerprint density at radius 3 is 2.18 bits per heavy atom. The van der Waals surface area contributed by atoms with Crippen LogP contribution in [0.25, 0.3) is 44.4 Å². The second-order valence-corrected chi connectivity index (χ2v) is 17.1. The normalized spacial score (nSPS) is 16.8. The van der Waals surface area contributed by atoms with Crippen LogP contribution in [0.3, 0.4) is 0 Å². The molecule has 0 radical (unpaired) electrons. The third-order valence-electron chi connectivity index (χ3n) is 12.6. The molecule has 0 fully saturated rings. The summed E-state index contributed by atoms with van der Waals surface area (Å²) in [6.45, 7) is 23.3. The zero-order valence-electron chi connectivity index (χ0n) is 40.5. The molecule has 2 aliphatic rings. The first-order chi connectivity index (χ1) is 31.8. The minimum Gasteiger partial charge on any atom is -0.313 e. The van der Waals surface area contributed by atoms with Gasteiger partial charge < -0.3 is 4.57 Å². The van der Waals surface area contributed by atoms with E-state index in [1.807, 2.05) is 46.1 Å². The Kier molecular flexibility index (Phi) is 16.9. The molecule has 2 heteroatoms. The summed E-state index contributed by atoms with van der Waals surface area (Å²) in [7, 11) is 0. The van der Waals surface area contributed by atoms with E-state index in [0.717, 1.165) is 42.5 Å². The molecule has 0 bridgehead atoms. The fraction of sp³-hybridized carbons (Fsp3) is 0.254. The van der Waals surface area contributed by atoms with E-state index >= 15 is 0 Å². The van der Waals surface area contributed by atoms with Crippen molar-refractivity contribution in [1.82, 2.24) is 4.57 Å². The van der Waals surface area contributed by atoms with Crippen LogP contribution < -0.4 is 0 Å². The van der Waals surface area contributed by atoms with Crippen molar-refractivity contribution in [2.45, 2.75) is 99.3 Å². The molecule has 0 saturated carbocycles. The van der Waals surface area contributed by atoms with Crippen LogP contribution in [-0.2, 0) is 11.8 Å². The summed E-state index contributed by atoms with van der Waals surface area (Å²) in [5.41, 5.74) is 17.7. The summed E-state index contributed by atoms with van der Waals surface area (Å²) in [5, 5.41) is 1.33. The highest BCUT2D eigenvalue weighted by Gasteiger charge is 2.40. The first kappa shape index (κ1) is 48.0. The van der Waals surface area contributed by atoms with Crippen molar-refractivity contribution in [3.05, 3.63) is 222 Å². The average molecular weight is 855 g/mol. The summed E-state index contributed by atoms with van der Waals surface area (Å²) in [6, 6.07) is 43.0. The van der Waals surface area contributed by atoms with Gasteiger partial charge in [0.05, 0.1) is 11.2 Å². The lowest BCUT2D eigenvalue weighted by Gasteiger charge is -2.22. The van der Waals surface area contributed by atoms with Crippen LogP contribution in [0.4, 0.5) is 5.69 Å². The van der Waals surface area contributed by atoms with Crippen molar-refractivity contribution in [3.63, 3.8) is 0 Å². The van der Waals surface area contributed by atoms with Gasteiger partial charge in [0.25, 0.3) is 0 Å². The Labute approximate surface area is 391 Å². The maximum atomic E-state index is 5.08. The molecule has 332 valence electrons. The molecule has 2 atom stereocenters. The van der Waals surface area contributed by atoms with Crippen LogP contribution in [0.15, 0.2) is 199 Å². The maximum absolute atomic E-state index is 5.08. The molecule has 0 aliphatic heterocycles. The SMILES string of the molecule is C=C/C=C\C=C(/C)c1cc(-c2ccc3c(c2)c(CCC)c(C2CC(C)(C)c4ccccc42)n3-c2ccc(-c3ccccc3)cc2)ccc1N=C/C=C(\C=C/C)C1C=CC=CC1.CC.CC. The van der Waals surface area contributed by atoms with Crippen molar-refractivity contribution in [3.8, 4) is 27.9 Å². The summed E-state index contributed by atoms with van der Waals surface area (Å²) >= 11 is 0. The van der Waals surface area contributed by atoms with E-state index in [0.29, 0.717) is 5.92 Å². The van der Waals surface area contributed by atoms with E-state index < -0.39 is 0 Å². The van der Waals surface area contributed by atoms with Gasteiger partial charge >= 0.3 is 0 Å². The highest BCUT2D eigenvalue weighted by atomic mass is 15.0. The first-order valence-corrected chi connectivity index (χ1v) is 24.0. The van der Waals surface area contributed by atoms with Gasteiger partial charge in [-0.3, -0.25) is 4.99 Å². The molecular weight excluding hydrogens is 785 g/mol. The van der Waals surface area contributed by atoms with Crippen molar-refractivity contribution < 1.29 is 0 Å². The number of allylic oxidation sites excluding steroid dienone is 13. The van der Waals surface area contributed by atoms with Crippen molar-refractivity contribution in [2.75, 3.05) is 0 Å². The number of nitrogens with zero attached hydrogens (tertiary/aromatic N) is 2. The number of aryl methyl sites for hydroxylation is 1. The number of hydrogen-bond acceptors (Lipinski definition) is 1. The largest absolute Gasteiger partial charge is 0.313 e. The molecule has 0 saturated heterocycles. The molecule has 1 heterocycles. The lowest BCUT2D eigenvalue weighted by molar-refractivity contribution is 0.493. The fourth-order valence-corrected chi connectivity index (χ4v) is 9.58. The Bertz CT molecular complexity index is 2760. The van der Waals surface area contributed by atoms with E-state index in [2.05, 4.69) is 216 Å². The van der Waals surface area contributed by atoms with Crippen molar-refractivity contribution in [1.29, 1.82) is 0 Å². The molecule has 1 aromatic heterocycles. The van der Waals surface area contributed by atoms with E-state index in [1.165, 1.54) is 66.8 Å². The maximum Gasteiger partial charge on any atom is 0.0705 e. The van der Waals surface area contributed by atoms with Gasteiger partial charge in [0, 0.05) is 40.4 Å². The molecule has 2 unspecified atom stereocenters. The Balaban J connectivity index is 0.00000170. The van der Waals surface area contributed by atoms with E-state index in [4.69, 9.17) is 4.99 Å². The standard InChI is InChI=1S/C59H58N2.2C2H6/c1-7-10-13-22-42(4)52-39-47(31-35-56(52)60-38-37-43(20-8-2)44-23-14-11-15-24-44)48-32-36-57-53(40-48)51(21-9-3)58(54-41-59(5,6)55-28-19-18-27-50(54)55)61(57)49-33-29-46(30-34-49)45-25-16-12-17-26-45;2*1-2/h7-8,10-20,22-23,25-40,44,54H,1,9,21,24,41H2,2-6H3;2*1-2H3/b13-10-,20-8-,42-22+,43-37+,60-38?;;. The molecule has 0 spiro atoms. The number of hydrogen-bond donors (Lipinski definition) is 0. The van der Waals surface area contributed by atoms with Gasteiger partial charge in [-0.2, -0.15) is 0 Å². The van der Waals surface area contributed by atoms with Crippen molar-refractivity contribution >= 4 is 28.4 Å². The van der Waals surface area contributed by atoms with E-state index in [1.54, 1.807) is 0 Å². The second-order valence-electron chi connectivity index (χ2n) is 17.1. The lowest BCUT2D eigenvalue weighted by Crippen LogP contribution is -2.14. The fourth-order valence-electron chi connectivity index (χ4n) is 9.58. The Morgan fingerprint density at radius 1 is 0.785 bits per heavy atom. The molecule has 8 rings (SSSR count). The molecule has 5 aromatic carbocycles. The van der Waals surface area contributed by atoms with E-state index in [-0.39, 0.29) is 11.3 Å². The third-order valence-corrected chi connectivity index (χ3v) is 12.6. The molecule has 0 amide bonds. The highest BCUT2D eigenvalue weighted by Crippen LogP contribution is 2.51. The van der Waals surface area contributed by atoms with E-state index in [9.17, 15) is 0 Å². The quantitative estimate of drug-likeness (QED) is 0.0813. The second kappa shape index (κ2) is 22.9. The van der Waals surface area contributed by atoms with Crippen molar-refractivity contribution in [2.24, 2.45) is 10.9 Å². The van der Waals surface area contributed by atoms with Gasteiger partial charge in [0.15, 0.2) is 0 Å². The predicted molar refractivity (Wildman–Crippen MR) is 287 cm³/mol. The summed E-state index contributed by atoms with van der Waals surface area (Å²) in [5.74, 6) is 0.636. The molecule has 65 heavy (non-hydrogen) atoms. The Morgan fingerprint density at radius 2 is 1.48 bits per heavy atom. The van der Waals surface area contributed by atoms with Gasteiger partial charge in [-0.15, -0.1) is 0 Å². The monoisotopic (exact) mass is 855 g/mol. The van der Waals surface area contributed by atoms with Crippen LogP contribution >= 0.6 is 0 Å². The molecule has 2 nitrogen and oxygen atoms in total. The van der Waals surface area contributed by atoms with Gasteiger partial charge in [-0.1, -0.05) is 201 Å². The lowest BCUT2D eigenvalue weighted by atomic mass is 9.85. The number of aromatic nitrogens is 1. The van der Waals surface area contributed by atoms with Crippen LogP contribution in [0, 0.1) is 5.92 Å². The topological polar surface area (TPSA) is 17.3 Å². The third kappa shape index (κ3) is 10.7. The zero-order chi connectivity index (χ0) is 46.3. The molecule has 6 aromatic rings. The molecule has 2 aliphatic carbocycles. The number of rotatable bonds is 13. The minimum atomic E-state index is 0.0789. The van der Waals surface area contributed by atoms with Gasteiger partial charge in [-0.25, -0.2) is 0 Å². The van der Waals surface area contributed by atoms with Crippen LogP contribution in [0.1, 0.15) is 115 Å². The van der Waals surface area contributed by atoms with Gasteiger partial charge in [0.1, 0.15) is 0 Å². The smallest absolute Gasteiger partial charge is 0.0705 e. The number of aliphatic imine (C=N–C) groups is 1. The van der Waals surface area contributed by atoms with Crippen LogP contribution in [0.2, 0.25) is 0 Å². The molecular formula is C63H70N2. The summed E-state index contributed by atoms with van der Waals surface area (Å²) in [4.78, 5) is 5.08. The summed E-state index contributed by atoms with van der Waals surface area (Å²) < 4.78 is 2.60. The first-order valence-electron chi connectivity index (χ1n) is 24.0. The summed E-state index contributed by atoms with van der Waals surface area (Å²) in [6.07, 6.45) is 29.3. The van der Waals surface area contributed by atoms with Crippen LogP contribution in [0.5, 0.6) is 0 Å². The zero-order valence-corrected chi connectivity index (χ0v) is 40.5. The highest BCUT2D eigenvalue weighted by molar-refractivity contribution is 5.93. The minimum absolute atomic E-state index is 0.0789. The molecule has 0 N–H and O–H groups in total. The Hall–Kier alpha value is -6.51. The van der Waals surface area contributed by atoms with Gasteiger partial charge in [-0.05, 0) is 131 Å². The van der Waals surface area contributed by atoms with Crippen LogP contribution in [-0.4, -0.2) is 10.8 Å².